The number of amides is 1. The summed E-state index contributed by atoms with van der Waals surface area (Å²) in [5, 5.41) is 2.85. The summed E-state index contributed by atoms with van der Waals surface area (Å²) in [4.78, 5) is 11.7. The second kappa shape index (κ2) is 7.28. The number of thioether (sulfide) groups is 1. The Morgan fingerprint density at radius 2 is 2.28 bits per heavy atom. The zero-order valence-electron chi connectivity index (χ0n) is 11.0. The van der Waals surface area contributed by atoms with Gasteiger partial charge in [-0.1, -0.05) is 6.07 Å². The highest BCUT2D eigenvalue weighted by Crippen LogP contribution is 2.25. The first kappa shape index (κ1) is 14.9. The van der Waals surface area contributed by atoms with Crippen LogP contribution in [0.25, 0.3) is 0 Å². The maximum Gasteiger partial charge on any atom is 0.234 e. The summed E-state index contributed by atoms with van der Waals surface area (Å²) in [7, 11) is 1.59. The SMILES string of the molecule is COc1ccc(C)cc1NC(=O)CSCC(C)N. The van der Waals surface area contributed by atoms with Crippen molar-refractivity contribution in [3.63, 3.8) is 0 Å². The molecule has 0 bridgehead atoms. The highest BCUT2D eigenvalue weighted by Gasteiger charge is 2.08. The standard InChI is InChI=1S/C13H20N2O2S/c1-9-4-5-12(17-3)11(6-9)15-13(16)8-18-7-10(2)14/h4-6,10H,7-8,14H2,1-3H3,(H,15,16). The smallest absolute Gasteiger partial charge is 0.234 e. The van der Waals surface area contributed by atoms with Crippen molar-refractivity contribution >= 4 is 23.4 Å². The molecule has 1 amide bonds. The number of hydrogen-bond donors (Lipinski definition) is 2. The number of benzene rings is 1. The normalized spacial score (nSPS) is 12.0. The van der Waals surface area contributed by atoms with E-state index < -0.39 is 0 Å². The fourth-order valence-corrected chi connectivity index (χ4v) is 2.19. The van der Waals surface area contributed by atoms with E-state index in [1.165, 1.54) is 11.8 Å². The summed E-state index contributed by atoms with van der Waals surface area (Å²) < 4.78 is 5.20. The number of anilines is 1. The van der Waals surface area contributed by atoms with Gasteiger partial charge in [0, 0.05) is 11.8 Å². The number of ether oxygens (including phenoxy) is 1. The summed E-state index contributed by atoms with van der Waals surface area (Å²) in [6.45, 7) is 3.90. The zero-order valence-corrected chi connectivity index (χ0v) is 11.8. The van der Waals surface area contributed by atoms with Crippen molar-refractivity contribution in [1.29, 1.82) is 0 Å². The number of carbonyl (C=O) groups is 1. The lowest BCUT2D eigenvalue weighted by Gasteiger charge is -2.11. The highest BCUT2D eigenvalue weighted by atomic mass is 32.2. The molecule has 4 nitrogen and oxygen atoms in total. The number of methoxy groups -OCH3 is 1. The van der Waals surface area contributed by atoms with Gasteiger partial charge in [-0.15, -0.1) is 0 Å². The first-order chi connectivity index (χ1) is 8.52. The minimum atomic E-state index is -0.0375. The van der Waals surface area contributed by atoms with Gasteiger partial charge in [-0.05, 0) is 31.5 Å². The van der Waals surface area contributed by atoms with Crippen LogP contribution in [-0.2, 0) is 4.79 Å². The summed E-state index contributed by atoms with van der Waals surface area (Å²) in [5.74, 6) is 1.81. The molecule has 0 heterocycles. The van der Waals surface area contributed by atoms with Crippen molar-refractivity contribution in [1.82, 2.24) is 0 Å². The van der Waals surface area contributed by atoms with Gasteiger partial charge in [0.25, 0.3) is 0 Å². The van der Waals surface area contributed by atoms with Crippen LogP contribution < -0.4 is 15.8 Å². The molecule has 1 unspecified atom stereocenters. The Hall–Kier alpha value is -1.20. The molecule has 18 heavy (non-hydrogen) atoms. The molecular formula is C13H20N2O2S. The van der Waals surface area contributed by atoms with Gasteiger partial charge in [0.05, 0.1) is 18.6 Å². The van der Waals surface area contributed by atoms with Gasteiger partial charge in [-0.25, -0.2) is 0 Å². The molecule has 100 valence electrons. The van der Waals surface area contributed by atoms with E-state index >= 15 is 0 Å². The average molecular weight is 268 g/mol. The van der Waals surface area contributed by atoms with Crippen molar-refractivity contribution in [3.8, 4) is 5.75 Å². The van der Waals surface area contributed by atoms with Crippen LogP contribution in [0.4, 0.5) is 5.69 Å². The molecule has 0 aliphatic carbocycles. The van der Waals surface area contributed by atoms with Crippen molar-refractivity contribution in [3.05, 3.63) is 23.8 Å². The molecule has 1 atom stereocenters. The third-order valence-electron chi connectivity index (χ3n) is 2.24. The van der Waals surface area contributed by atoms with Crippen LogP contribution in [0, 0.1) is 6.92 Å². The van der Waals surface area contributed by atoms with Gasteiger partial charge < -0.3 is 15.8 Å². The Balaban J connectivity index is 2.55. The molecule has 3 N–H and O–H groups in total. The fraction of sp³-hybridized carbons (Fsp3) is 0.462. The topological polar surface area (TPSA) is 64.3 Å². The fourth-order valence-electron chi connectivity index (χ4n) is 1.44. The van der Waals surface area contributed by atoms with E-state index in [1.54, 1.807) is 7.11 Å². The molecule has 0 saturated carbocycles. The molecule has 0 aliphatic rings. The predicted molar refractivity (Wildman–Crippen MR) is 77.3 cm³/mol. The Kier molecular flexibility index (Phi) is 6.01. The van der Waals surface area contributed by atoms with Crippen LogP contribution in [0.3, 0.4) is 0 Å². The van der Waals surface area contributed by atoms with Gasteiger partial charge in [0.2, 0.25) is 5.91 Å². The molecule has 0 aromatic heterocycles. The first-order valence-corrected chi connectivity index (χ1v) is 6.96. The van der Waals surface area contributed by atoms with Crippen LogP contribution in [0.5, 0.6) is 5.75 Å². The van der Waals surface area contributed by atoms with E-state index in [1.807, 2.05) is 32.0 Å². The lowest BCUT2D eigenvalue weighted by atomic mass is 10.2. The Morgan fingerprint density at radius 1 is 1.56 bits per heavy atom. The molecule has 0 aliphatic heterocycles. The monoisotopic (exact) mass is 268 g/mol. The number of nitrogens with two attached hydrogens (primary N) is 1. The van der Waals surface area contributed by atoms with E-state index in [9.17, 15) is 4.79 Å². The third-order valence-corrected chi connectivity index (χ3v) is 3.47. The molecule has 1 aromatic rings. The zero-order chi connectivity index (χ0) is 13.5. The van der Waals surface area contributed by atoms with E-state index in [0.717, 1.165) is 11.3 Å². The number of aryl methyl sites for hydroxylation is 1. The lowest BCUT2D eigenvalue weighted by molar-refractivity contribution is -0.113. The molecule has 0 saturated heterocycles. The lowest BCUT2D eigenvalue weighted by Crippen LogP contribution is -2.20. The molecule has 1 aromatic carbocycles. The summed E-state index contributed by atoms with van der Waals surface area (Å²) in [5.41, 5.74) is 7.41. The molecule has 0 fully saturated rings. The van der Waals surface area contributed by atoms with E-state index in [0.29, 0.717) is 17.2 Å². The van der Waals surface area contributed by atoms with Gasteiger partial charge in [-0.3, -0.25) is 4.79 Å². The first-order valence-electron chi connectivity index (χ1n) is 5.80. The second-order valence-electron chi connectivity index (χ2n) is 4.24. The van der Waals surface area contributed by atoms with Crippen molar-refractivity contribution in [2.75, 3.05) is 23.9 Å². The molecular weight excluding hydrogens is 248 g/mol. The minimum absolute atomic E-state index is 0.0375. The number of carbonyl (C=O) groups excluding carboxylic acids is 1. The molecule has 0 radical (unpaired) electrons. The maximum absolute atomic E-state index is 11.7. The molecule has 1 rings (SSSR count). The quantitative estimate of drug-likeness (QED) is 0.828. The van der Waals surface area contributed by atoms with Gasteiger partial charge in [-0.2, -0.15) is 11.8 Å². The number of nitrogens with one attached hydrogen (secondary N) is 1. The highest BCUT2D eigenvalue weighted by molar-refractivity contribution is 8.00. The number of hydrogen-bond acceptors (Lipinski definition) is 4. The van der Waals surface area contributed by atoms with Crippen molar-refractivity contribution in [2.45, 2.75) is 19.9 Å². The van der Waals surface area contributed by atoms with Crippen LogP contribution in [0.2, 0.25) is 0 Å². The van der Waals surface area contributed by atoms with Crippen molar-refractivity contribution in [2.24, 2.45) is 5.73 Å². The predicted octanol–water partition coefficient (Wildman–Crippen LogP) is 2.02. The Bertz CT molecular complexity index is 408. The maximum atomic E-state index is 11.7. The van der Waals surface area contributed by atoms with Crippen molar-refractivity contribution < 1.29 is 9.53 Å². The van der Waals surface area contributed by atoms with Crippen LogP contribution in [-0.4, -0.2) is 30.6 Å². The summed E-state index contributed by atoms with van der Waals surface area (Å²) >= 11 is 1.53. The van der Waals surface area contributed by atoms with Gasteiger partial charge in [0.1, 0.15) is 5.75 Å². The van der Waals surface area contributed by atoms with Gasteiger partial charge >= 0.3 is 0 Å². The van der Waals surface area contributed by atoms with Gasteiger partial charge in [0.15, 0.2) is 0 Å². The van der Waals surface area contributed by atoms with E-state index in [2.05, 4.69) is 5.32 Å². The third kappa shape index (κ3) is 4.98. The average Bonchev–Trinajstić information content (AvgIpc) is 2.28. The van der Waals surface area contributed by atoms with E-state index in [-0.39, 0.29) is 11.9 Å². The second-order valence-corrected chi connectivity index (χ2v) is 5.27. The van der Waals surface area contributed by atoms with Crippen LogP contribution in [0.15, 0.2) is 18.2 Å². The van der Waals surface area contributed by atoms with E-state index in [4.69, 9.17) is 10.5 Å². The summed E-state index contributed by atoms with van der Waals surface area (Å²) in [6.07, 6.45) is 0. The molecule has 5 heteroatoms. The Morgan fingerprint density at radius 3 is 2.89 bits per heavy atom. The number of rotatable bonds is 6. The minimum Gasteiger partial charge on any atom is -0.495 e. The van der Waals surface area contributed by atoms with Crippen LogP contribution >= 0.6 is 11.8 Å². The van der Waals surface area contributed by atoms with Crippen LogP contribution in [0.1, 0.15) is 12.5 Å². The largest absolute Gasteiger partial charge is 0.495 e. The Labute approximate surface area is 112 Å². The molecule has 0 spiro atoms. The summed E-state index contributed by atoms with van der Waals surface area (Å²) in [6, 6.07) is 5.79.